The highest BCUT2D eigenvalue weighted by molar-refractivity contribution is 6.30. The average Bonchev–Trinajstić information content (AvgIpc) is 2.35. The third-order valence-corrected chi connectivity index (χ3v) is 2.27. The fraction of sp³-hybridized carbons (Fsp3) is 0. The van der Waals surface area contributed by atoms with Gasteiger partial charge in [0.05, 0.1) is 0 Å². The van der Waals surface area contributed by atoms with Crippen LogP contribution in [-0.2, 0) is 0 Å². The molecule has 0 saturated carbocycles. The van der Waals surface area contributed by atoms with E-state index in [1.165, 1.54) is 12.1 Å². The molecule has 1 aromatic heterocycles. The molecule has 0 unspecified atom stereocenters. The van der Waals surface area contributed by atoms with Gasteiger partial charge in [-0.2, -0.15) is 5.10 Å². The summed E-state index contributed by atoms with van der Waals surface area (Å²) in [7, 11) is 0. The topological polar surface area (TPSA) is 86.9 Å². The van der Waals surface area contributed by atoms with Gasteiger partial charge in [0.1, 0.15) is 0 Å². The standard InChI is InChI=1S/C11H9ClN4O2/c12-7-1-3-8(4-2-7)13-11(18)14-9-5-6-10(17)16-15-9/h1-6H,(H,16,17)(H2,13,14,15,18). The van der Waals surface area contributed by atoms with Crippen molar-refractivity contribution in [2.45, 2.75) is 0 Å². The Labute approximate surface area is 107 Å². The Kier molecular flexibility index (Phi) is 3.59. The second kappa shape index (κ2) is 5.33. The molecule has 7 heteroatoms. The first-order chi connectivity index (χ1) is 8.63. The second-order valence-corrected chi connectivity index (χ2v) is 3.83. The van der Waals surface area contributed by atoms with Gasteiger partial charge in [0.25, 0.3) is 5.56 Å². The molecule has 0 fully saturated rings. The number of urea groups is 1. The highest BCUT2D eigenvalue weighted by Crippen LogP contribution is 2.13. The number of benzene rings is 1. The van der Waals surface area contributed by atoms with E-state index in [-0.39, 0.29) is 11.4 Å². The lowest BCUT2D eigenvalue weighted by Crippen LogP contribution is -2.21. The van der Waals surface area contributed by atoms with Crippen molar-refractivity contribution in [3.63, 3.8) is 0 Å². The Bertz CT molecular complexity index is 589. The van der Waals surface area contributed by atoms with Crippen molar-refractivity contribution in [1.82, 2.24) is 10.2 Å². The molecule has 0 bridgehead atoms. The minimum absolute atomic E-state index is 0.251. The molecular weight excluding hydrogens is 256 g/mol. The predicted octanol–water partition coefficient (Wildman–Crippen LogP) is 2.07. The maximum absolute atomic E-state index is 11.6. The van der Waals surface area contributed by atoms with Gasteiger partial charge < -0.3 is 5.32 Å². The smallest absolute Gasteiger partial charge is 0.308 e. The van der Waals surface area contributed by atoms with Gasteiger partial charge in [-0.25, -0.2) is 9.89 Å². The van der Waals surface area contributed by atoms with E-state index >= 15 is 0 Å². The third kappa shape index (κ3) is 3.33. The van der Waals surface area contributed by atoms with Crippen molar-refractivity contribution >= 4 is 29.1 Å². The Morgan fingerprint density at radius 2 is 1.83 bits per heavy atom. The molecule has 2 rings (SSSR count). The summed E-state index contributed by atoms with van der Waals surface area (Å²) in [4.78, 5) is 22.3. The number of anilines is 2. The summed E-state index contributed by atoms with van der Waals surface area (Å²) in [5.74, 6) is 0.251. The number of hydrogen-bond donors (Lipinski definition) is 3. The maximum Gasteiger partial charge on any atom is 0.324 e. The number of aromatic nitrogens is 2. The summed E-state index contributed by atoms with van der Waals surface area (Å²) >= 11 is 5.72. The van der Waals surface area contributed by atoms with Crippen molar-refractivity contribution < 1.29 is 4.79 Å². The number of H-pyrrole nitrogens is 1. The van der Waals surface area contributed by atoms with E-state index in [0.29, 0.717) is 10.7 Å². The van der Waals surface area contributed by atoms with Crippen LogP contribution in [0, 0.1) is 0 Å². The molecule has 0 aliphatic heterocycles. The zero-order valence-corrected chi connectivity index (χ0v) is 9.86. The summed E-state index contributed by atoms with van der Waals surface area (Å²) < 4.78 is 0. The van der Waals surface area contributed by atoms with Gasteiger partial charge >= 0.3 is 6.03 Å². The van der Waals surface area contributed by atoms with E-state index in [1.807, 2.05) is 0 Å². The van der Waals surface area contributed by atoms with Gasteiger partial charge in [-0.05, 0) is 30.3 Å². The number of halogens is 1. The van der Waals surface area contributed by atoms with E-state index < -0.39 is 6.03 Å². The zero-order chi connectivity index (χ0) is 13.0. The summed E-state index contributed by atoms with van der Waals surface area (Å²) in [5.41, 5.74) is 0.264. The van der Waals surface area contributed by atoms with Crippen LogP contribution < -0.4 is 16.2 Å². The molecule has 0 spiro atoms. The number of hydrogen-bond acceptors (Lipinski definition) is 3. The average molecular weight is 265 g/mol. The third-order valence-electron chi connectivity index (χ3n) is 2.02. The van der Waals surface area contributed by atoms with Crippen LogP contribution in [0.2, 0.25) is 5.02 Å². The number of amides is 2. The molecule has 1 heterocycles. The number of aromatic amines is 1. The Hall–Kier alpha value is -2.34. The first-order valence-electron chi connectivity index (χ1n) is 5.03. The lowest BCUT2D eigenvalue weighted by atomic mass is 10.3. The van der Waals surface area contributed by atoms with E-state index in [2.05, 4.69) is 20.8 Å². The fourth-order valence-corrected chi connectivity index (χ4v) is 1.35. The van der Waals surface area contributed by atoms with E-state index in [0.717, 1.165) is 0 Å². The van der Waals surface area contributed by atoms with Crippen molar-refractivity contribution in [3.05, 3.63) is 51.8 Å². The normalized spacial score (nSPS) is 9.83. The van der Waals surface area contributed by atoms with Gasteiger partial charge in [0.2, 0.25) is 0 Å². The van der Waals surface area contributed by atoms with E-state index in [9.17, 15) is 9.59 Å². The lowest BCUT2D eigenvalue weighted by molar-refractivity contribution is 0.262. The summed E-state index contributed by atoms with van der Waals surface area (Å²) in [5, 5.41) is 11.5. The SMILES string of the molecule is O=C(Nc1ccc(Cl)cc1)Nc1ccc(=O)[nH]n1. The molecule has 6 nitrogen and oxygen atoms in total. The summed E-state index contributed by atoms with van der Waals surface area (Å²) in [6, 6.07) is 8.87. The van der Waals surface area contributed by atoms with Gasteiger partial charge in [0, 0.05) is 16.8 Å². The Balaban J connectivity index is 1.98. The largest absolute Gasteiger partial charge is 0.324 e. The van der Waals surface area contributed by atoms with Crippen LogP contribution in [-0.4, -0.2) is 16.2 Å². The minimum atomic E-state index is -0.461. The Morgan fingerprint density at radius 3 is 2.44 bits per heavy atom. The van der Waals surface area contributed by atoms with Crippen LogP contribution >= 0.6 is 11.6 Å². The number of nitrogens with one attached hydrogen (secondary N) is 3. The molecule has 2 aromatic rings. The Morgan fingerprint density at radius 1 is 1.11 bits per heavy atom. The molecule has 3 N–H and O–H groups in total. The fourth-order valence-electron chi connectivity index (χ4n) is 1.23. The highest BCUT2D eigenvalue weighted by Gasteiger charge is 2.03. The molecular formula is C11H9ClN4O2. The van der Waals surface area contributed by atoms with Gasteiger partial charge in [0.15, 0.2) is 5.82 Å². The maximum atomic E-state index is 11.6. The molecule has 0 aliphatic carbocycles. The van der Waals surface area contributed by atoms with Crippen LogP contribution in [0.25, 0.3) is 0 Å². The molecule has 0 aliphatic rings. The molecule has 18 heavy (non-hydrogen) atoms. The molecule has 0 saturated heterocycles. The number of carbonyl (C=O) groups excluding carboxylic acids is 1. The molecule has 1 aromatic carbocycles. The summed E-state index contributed by atoms with van der Waals surface area (Å²) in [6.07, 6.45) is 0. The van der Waals surface area contributed by atoms with Gasteiger partial charge in [-0.1, -0.05) is 11.6 Å². The van der Waals surface area contributed by atoms with Crippen molar-refractivity contribution in [1.29, 1.82) is 0 Å². The number of carbonyl (C=O) groups is 1. The van der Waals surface area contributed by atoms with Gasteiger partial charge in [-0.15, -0.1) is 0 Å². The zero-order valence-electron chi connectivity index (χ0n) is 9.11. The molecule has 92 valence electrons. The van der Waals surface area contributed by atoms with Crippen LogP contribution in [0.15, 0.2) is 41.2 Å². The van der Waals surface area contributed by atoms with E-state index in [1.54, 1.807) is 24.3 Å². The minimum Gasteiger partial charge on any atom is -0.308 e. The van der Waals surface area contributed by atoms with Crippen molar-refractivity contribution in [3.8, 4) is 0 Å². The van der Waals surface area contributed by atoms with Crippen molar-refractivity contribution in [2.75, 3.05) is 10.6 Å². The molecule has 2 amide bonds. The summed E-state index contributed by atoms with van der Waals surface area (Å²) in [6.45, 7) is 0. The predicted molar refractivity (Wildman–Crippen MR) is 69.0 cm³/mol. The molecule has 0 atom stereocenters. The van der Waals surface area contributed by atoms with Gasteiger partial charge in [-0.3, -0.25) is 10.1 Å². The van der Waals surface area contributed by atoms with Crippen LogP contribution in [0.3, 0.4) is 0 Å². The highest BCUT2D eigenvalue weighted by atomic mass is 35.5. The van der Waals surface area contributed by atoms with Crippen LogP contribution in [0.4, 0.5) is 16.3 Å². The first-order valence-corrected chi connectivity index (χ1v) is 5.40. The number of nitrogens with zero attached hydrogens (tertiary/aromatic N) is 1. The van der Waals surface area contributed by atoms with Crippen molar-refractivity contribution in [2.24, 2.45) is 0 Å². The first kappa shape index (κ1) is 12.1. The quantitative estimate of drug-likeness (QED) is 0.776. The monoisotopic (exact) mass is 264 g/mol. The second-order valence-electron chi connectivity index (χ2n) is 3.39. The van der Waals surface area contributed by atoms with E-state index in [4.69, 9.17) is 11.6 Å². The van der Waals surface area contributed by atoms with Crippen LogP contribution in [0.5, 0.6) is 0 Å². The number of rotatable bonds is 2. The lowest BCUT2D eigenvalue weighted by Gasteiger charge is -2.06. The molecule has 0 radical (unpaired) electrons. The van der Waals surface area contributed by atoms with Crippen LogP contribution in [0.1, 0.15) is 0 Å².